The Bertz CT molecular complexity index is 3210. The Morgan fingerprint density at radius 3 is 1.68 bits per heavy atom. The zero-order valence-electron chi connectivity index (χ0n) is 36.5. The topological polar surface area (TPSA) is 6.48 Å². The molecule has 0 radical (unpaired) electrons. The van der Waals surface area contributed by atoms with Crippen LogP contribution in [0.15, 0.2) is 170 Å². The van der Waals surface area contributed by atoms with Gasteiger partial charge in [-0.15, -0.1) is 0 Å². The number of hydrogen-bond acceptors (Lipinski definition) is 2. The molecule has 8 aromatic carbocycles. The number of nitrogens with zero attached hydrogens (tertiary/aromatic N) is 2. The highest BCUT2D eigenvalue weighted by atomic mass is 15.2. The van der Waals surface area contributed by atoms with Crippen molar-refractivity contribution in [3.8, 4) is 33.4 Å². The summed E-state index contributed by atoms with van der Waals surface area (Å²) < 4.78 is 0. The molecule has 2 nitrogen and oxygen atoms in total. The molecule has 8 aromatic rings. The van der Waals surface area contributed by atoms with E-state index in [-0.39, 0.29) is 17.5 Å². The van der Waals surface area contributed by atoms with E-state index in [0.717, 1.165) is 12.0 Å². The molecular weight excluding hydrogens is 747 g/mol. The van der Waals surface area contributed by atoms with Gasteiger partial charge in [0.2, 0.25) is 0 Å². The van der Waals surface area contributed by atoms with Crippen LogP contribution in [-0.2, 0) is 10.8 Å². The molecule has 0 saturated heterocycles. The van der Waals surface area contributed by atoms with Gasteiger partial charge in [0, 0.05) is 34.0 Å². The summed E-state index contributed by atoms with van der Waals surface area (Å²) in [6.07, 6.45) is 1.11. The van der Waals surface area contributed by atoms with E-state index in [0.29, 0.717) is 0 Å². The summed E-state index contributed by atoms with van der Waals surface area (Å²) in [6, 6.07) is 61.8. The van der Waals surface area contributed by atoms with Crippen molar-refractivity contribution in [3.05, 3.63) is 204 Å². The van der Waals surface area contributed by atoms with Crippen LogP contribution >= 0.6 is 0 Å². The first kappa shape index (κ1) is 37.0. The van der Waals surface area contributed by atoms with Crippen molar-refractivity contribution in [1.82, 2.24) is 0 Å². The van der Waals surface area contributed by atoms with E-state index in [4.69, 9.17) is 0 Å². The first-order chi connectivity index (χ1) is 30.0. The molecule has 0 fully saturated rings. The molecule has 2 aliphatic heterocycles. The third-order valence-corrected chi connectivity index (χ3v) is 14.5. The standard InChI is InChI=1S/C59H49BN2/c1-36-29-54-57-55(30-36)62(51-31-41(26-25-37(51)2)39-17-10-8-11-18-39)53-34-47-46(58(4,5)35-59(47,6)7)33-49(53)60(57)48-28-27-42(40-19-12-9-13-20-40)32-52(48)61(54)50-24-16-23-44-38(3)43-21-14-15-22-45(43)56(44)50/h8-34H,3,35H2,1-2,4-7H3. The molecule has 0 spiro atoms. The van der Waals surface area contributed by atoms with Gasteiger partial charge in [0.15, 0.2) is 0 Å². The monoisotopic (exact) mass is 796 g/mol. The van der Waals surface area contributed by atoms with E-state index in [1.54, 1.807) is 0 Å². The maximum atomic E-state index is 4.66. The molecule has 298 valence electrons. The molecular formula is C59H49BN2. The summed E-state index contributed by atoms with van der Waals surface area (Å²) in [5.74, 6) is 0. The van der Waals surface area contributed by atoms with Gasteiger partial charge in [-0.25, -0.2) is 0 Å². The van der Waals surface area contributed by atoms with Crippen LogP contribution < -0.4 is 26.2 Å². The molecule has 2 aliphatic carbocycles. The molecule has 0 unspecified atom stereocenters. The minimum Gasteiger partial charge on any atom is -0.311 e. The van der Waals surface area contributed by atoms with Crippen LogP contribution in [0.25, 0.3) is 39.0 Å². The van der Waals surface area contributed by atoms with Crippen molar-refractivity contribution in [2.75, 3.05) is 9.80 Å². The van der Waals surface area contributed by atoms with Crippen LogP contribution in [0.3, 0.4) is 0 Å². The fraction of sp³-hybridized carbons (Fsp3) is 0.153. The SMILES string of the molecule is C=C1c2ccccc2-c2c1cccc2N1c2cc(-c3ccccc3)ccc2B2c3cc4c(cc3N(c3cc(-c5ccccc5)ccc3C)c3cc(C)cc1c32)C(C)(C)CC4(C)C. The Morgan fingerprint density at radius 1 is 0.452 bits per heavy atom. The fourth-order valence-corrected chi connectivity index (χ4v) is 12.0. The van der Waals surface area contributed by atoms with Gasteiger partial charge >= 0.3 is 0 Å². The highest BCUT2D eigenvalue weighted by molar-refractivity contribution is 7.00. The highest BCUT2D eigenvalue weighted by Gasteiger charge is 2.48. The second-order valence-corrected chi connectivity index (χ2v) is 19.5. The first-order valence-electron chi connectivity index (χ1n) is 22.2. The summed E-state index contributed by atoms with van der Waals surface area (Å²) in [4.78, 5) is 5.24. The average Bonchev–Trinajstić information content (AvgIpc) is 3.67. The molecule has 4 aliphatic rings. The Balaban J connectivity index is 1.20. The molecule has 0 amide bonds. The predicted octanol–water partition coefficient (Wildman–Crippen LogP) is 13.7. The maximum absolute atomic E-state index is 4.66. The summed E-state index contributed by atoms with van der Waals surface area (Å²) in [6.45, 7) is 19.0. The molecule has 62 heavy (non-hydrogen) atoms. The maximum Gasteiger partial charge on any atom is 0.252 e. The third-order valence-electron chi connectivity index (χ3n) is 14.5. The van der Waals surface area contributed by atoms with Gasteiger partial charge in [-0.05, 0) is 151 Å². The van der Waals surface area contributed by atoms with Gasteiger partial charge in [-0.2, -0.15) is 0 Å². The van der Waals surface area contributed by atoms with Crippen LogP contribution in [-0.4, -0.2) is 6.71 Å². The Kier molecular flexibility index (Phi) is 7.80. The van der Waals surface area contributed by atoms with E-state index >= 15 is 0 Å². The van der Waals surface area contributed by atoms with Crippen LogP contribution in [0.2, 0.25) is 0 Å². The Morgan fingerprint density at radius 2 is 1.00 bits per heavy atom. The summed E-state index contributed by atoms with van der Waals surface area (Å²) in [7, 11) is 0. The first-order valence-corrected chi connectivity index (χ1v) is 22.2. The number of hydrogen-bond donors (Lipinski definition) is 0. The fourth-order valence-electron chi connectivity index (χ4n) is 12.0. The van der Waals surface area contributed by atoms with Gasteiger partial charge in [-0.3, -0.25) is 0 Å². The van der Waals surface area contributed by atoms with Crippen molar-refractivity contribution in [3.63, 3.8) is 0 Å². The smallest absolute Gasteiger partial charge is 0.252 e. The molecule has 3 heteroatoms. The van der Waals surface area contributed by atoms with E-state index in [1.807, 2.05) is 0 Å². The number of anilines is 6. The van der Waals surface area contributed by atoms with Crippen molar-refractivity contribution >= 4 is 62.8 Å². The lowest BCUT2D eigenvalue weighted by Crippen LogP contribution is -2.61. The molecule has 0 aromatic heterocycles. The largest absolute Gasteiger partial charge is 0.311 e. The van der Waals surface area contributed by atoms with Crippen molar-refractivity contribution in [1.29, 1.82) is 0 Å². The summed E-state index contributed by atoms with van der Waals surface area (Å²) in [5.41, 5.74) is 27.8. The molecule has 0 saturated carbocycles. The van der Waals surface area contributed by atoms with Crippen LogP contribution in [0.1, 0.15) is 67.5 Å². The summed E-state index contributed by atoms with van der Waals surface area (Å²) >= 11 is 0. The van der Waals surface area contributed by atoms with E-state index in [9.17, 15) is 0 Å². The van der Waals surface area contributed by atoms with Crippen LogP contribution in [0.4, 0.5) is 34.1 Å². The van der Waals surface area contributed by atoms with Crippen molar-refractivity contribution in [2.24, 2.45) is 0 Å². The molecule has 2 heterocycles. The van der Waals surface area contributed by atoms with E-state index in [2.05, 4.69) is 222 Å². The summed E-state index contributed by atoms with van der Waals surface area (Å²) in [5, 5.41) is 0. The number of aryl methyl sites for hydroxylation is 2. The third kappa shape index (κ3) is 5.24. The zero-order valence-corrected chi connectivity index (χ0v) is 36.5. The average molecular weight is 797 g/mol. The van der Waals surface area contributed by atoms with E-state index < -0.39 is 0 Å². The second kappa shape index (κ2) is 13.1. The molecule has 12 rings (SSSR count). The van der Waals surface area contributed by atoms with Gasteiger partial charge < -0.3 is 9.80 Å². The van der Waals surface area contributed by atoms with Gasteiger partial charge in [0.25, 0.3) is 6.71 Å². The highest BCUT2D eigenvalue weighted by Crippen LogP contribution is 2.55. The van der Waals surface area contributed by atoms with Crippen molar-refractivity contribution < 1.29 is 0 Å². The lowest BCUT2D eigenvalue weighted by atomic mass is 9.33. The lowest BCUT2D eigenvalue weighted by Gasteiger charge is -2.45. The van der Waals surface area contributed by atoms with Gasteiger partial charge in [0.05, 0.1) is 5.69 Å². The van der Waals surface area contributed by atoms with Gasteiger partial charge in [-0.1, -0.05) is 162 Å². The normalized spacial score (nSPS) is 15.7. The molecule has 0 atom stereocenters. The molecule has 0 N–H and O–H groups in total. The molecule has 0 bridgehead atoms. The quantitative estimate of drug-likeness (QED) is 0.164. The van der Waals surface area contributed by atoms with Gasteiger partial charge in [0.1, 0.15) is 0 Å². The Hall–Kier alpha value is -6.84. The minimum atomic E-state index is 0.0179. The number of fused-ring (bicyclic) bond motifs is 8. The number of benzene rings is 8. The van der Waals surface area contributed by atoms with E-state index in [1.165, 1.54) is 117 Å². The zero-order chi connectivity index (χ0) is 42.2. The minimum absolute atomic E-state index is 0.0179. The second-order valence-electron chi connectivity index (χ2n) is 19.5. The van der Waals surface area contributed by atoms with Crippen LogP contribution in [0, 0.1) is 13.8 Å². The van der Waals surface area contributed by atoms with Crippen LogP contribution in [0.5, 0.6) is 0 Å². The predicted molar refractivity (Wildman–Crippen MR) is 265 cm³/mol. The number of rotatable bonds is 4. The Labute approximate surface area is 366 Å². The lowest BCUT2D eigenvalue weighted by molar-refractivity contribution is 0.403. The van der Waals surface area contributed by atoms with Crippen molar-refractivity contribution in [2.45, 2.75) is 58.8 Å².